The summed E-state index contributed by atoms with van der Waals surface area (Å²) in [4.78, 5) is 5.82. The first-order valence-electron chi connectivity index (χ1n) is 6.89. The second-order valence-electron chi connectivity index (χ2n) is 4.74. The fraction of sp³-hybridized carbons (Fsp3) is 0.786. The van der Waals surface area contributed by atoms with E-state index in [9.17, 15) is 5.21 Å². The molecule has 1 rings (SSSR count). The van der Waals surface area contributed by atoms with Crippen molar-refractivity contribution in [3.8, 4) is 0 Å². The Balaban J connectivity index is 2.47. The van der Waals surface area contributed by atoms with Crippen LogP contribution in [0.3, 0.4) is 0 Å². The highest BCUT2D eigenvalue weighted by atomic mass is 16.9. The molecule has 0 saturated carbocycles. The lowest BCUT2D eigenvalue weighted by Crippen LogP contribution is -2.37. The maximum Gasteiger partial charge on any atom is 0.222 e. The number of allylic oxidation sites excluding steroid dienone is 2. The SMILES string of the molecule is C/C=C/CCC1CC(OCCCC)O[N+]([O-])=C1C. The second kappa shape index (κ2) is 8.14. The Kier molecular flexibility index (Phi) is 6.80. The van der Waals surface area contributed by atoms with E-state index in [1.165, 1.54) is 0 Å². The van der Waals surface area contributed by atoms with Crippen molar-refractivity contribution in [3.05, 3.63) is 17.4 Å². The Bertz CT molecular complexity index is 299. The normalized spacial score (nSPS) is 24.6. The zero-order valence-corrected chi connectivity index (χ0v) is 11.7. The van der Waals surface area contributed by atoms with E-state index in [1.54, 1.807) is 0 Å². The average Bonchev–Trinajstić information content (AvgIpc) is 2.35. The molecule has 0 aliphatic carbocycles. The second-order valence-corrected chi connectivity index (χ2v) is 4.74. The van der Waals surface area contributed by atoms with Crippen LogP contribution >= 0.6 is 0 Å². The van der Waals surface area contributed by atoms with Gasteiger partial charge in [-0.3, -0.25) is 5.21 Å². The monoisotopic (exact) mass is 255 g/mol. The van der Waals surface area contributed by atoms with E-state index >= 15 is 0 Å². The summed E-state index contributed by atoms with van der Waals surface area (Å²) in [5, 5.41) is 11.6. The predicted octanol–water partition coefficient (Wildman–Crippen LogP) is 3.41. The highest BCUT2D eigenvalue weighted by Gasteiger charge is 2.30. The number of hydrogen-bond donors (Lipinski definition) is 0. The molecule has 1 aliphatic heterocycles. The molecule has 18 heavy (non-hydrogen) atoms. The zero-order valence-electron chi connectivity index (χ0n) is 11.7. The van der Waals surface area contributed by atoms with Crippen molar-refractivity contribution in [1.82, 2.24) is 0 Å². The van der Waals surface area contributed by atoms with Gasteiger partial charge < -0.3 is 9.57 Å². The molecule has 0 aromatic carbocycles. The molecular weight excluding hydrogens is 230 g/mol. The van der Waals surface area contributed by atoms with Crippen LogP contribution in [0.2, 0.25) is 0 Å². The largest absolute Gasteiger partial charge is 0.372 e. The fourth-order valence-electron chi connectivity index (χ4n) is 2.03. The summed E-state index contributed by atoms with van der Waals surface area (Å²) in [5.41, 5.74) is 0.759. The molecule has 104 valence electrons. The highest BCUT2D eigenvalue weighted by Crippen LogP contribution is 2.23. The van der Waals surface area contributed by atoms with E-state index < -0.39 is 0 Å². The Hall–Kier alpha value is -1.03. The summed E-state index contributed by atoms with van der Waals surface area (Å²) in [6, 6.07) is 0. The van der Waals surface area contributed by atoms with Gasteiger partial charge in [-0.25, -0.2) is 0 Å². The molecule has 1 heterocycles. The maximum atomic E-state index is 11.6. The van der Waals surface area contributed by atoms with Crippen LogP contribution in [0.4, 0.5) is 0 Å². The molecular formula is C14H25NO3. The number of rotatable bonds is 7. The molecule has 2 atom stereocenters. The number of ether oxygens (including phenoxy) is 1. The minimum Gasteiger partial charge on any atom is -0.372 e. The number of unbranched alkanes of at least 4 members (excludes halogenated alkanes) is 1. The Morgan fingerprint density at radius 3 is 3.00 bits per heavy atom. The summed E-state index contributed by atoms with van der Waals surface area (Å²) in [6.45, 7) is 6.63. The Morgan fingerprint density at radius 2 is 2.33 bits per heavy atom. The molecule has 0 spiro atoms. The molecule has 4 heteroatoms. The van der Waals surface area contributed by atoms with Crippen molar-refractivity contribution in [1.29, 1.82) is 0 Å². The smallest absolute Gasteiger partial charge is 0.222 e. The summed E-state index contributed by atoms with van der Waals surface area (Å²) in [7, 11) is 0. The third-order valence-electron chi connectivity index (χ3n) is 3.29. The fourth-order valence-corrected chi connectivity index (χ4v) is 2.03. The highest BCUT2D eigenvalue weighted by molar-refractivity contribution is 5.79. The average molecular weight is 255 g/mol. The van der Waals surface area contributed by atoms with Gasteiger partial charge in [0.2, 0.25) is 5.71 Å². The Labute approximate surface area is 110 Å². The van der Waals surface area contributed by atoms with E-state index in [2.05, 4.69) is 13.0 Å². The van der Waals surface area contributed by atoms with Gasteiger partial charge in [0.15, 0.2) is 6.29 Å². The van der Waals surface area contributed by atoms with Crippen LogP contribution < -0.4 is 0 Å². The van der Waals surface area contributed by atoms with E-state index in [1.807, 2.05) is 19.9 Å². The van der Waals surface area contributed by atoms with Crippen molar-refractivity contribution in [2.24, 2.45) is 5.92 Å². The quantitative estimate of drug-likeness (QED) is 0.398. The minimum absolute atomic E-state index is 0.263. The van der Waals surface area contributed by atoms with Crippen LogP contribution in [0.5, 0.6) is 0 Å². The van der Waals surface area contributed by atoms with Gasteiger partial charge >= 0.3 is 0 Å². The number of hydrogen-bond acceptors (Lipinski definition) is 3. The van der Waals surface area contributed by atoms with Crippen LogP contribution in [-0.4, -0.2) is 23.5 Å². The third kappa shape index (κ3) is 4.69. The van der Waals surface area contributed by atoms with Gasteiger partial charge in [-0.05, 0) is 26.2 Å². The summed E-state index contributed by atoms with van der Waals surface area (Å²) < 4.78 is 5.58. The molecule has 0 radical (unpaired) electrons. The van der Waals surface area contributed by atoms with Crippen LogP contribution in [0.15, 0.2) is 12.2 Å². The molecule has 0 N–H and O–H groups in total. The van der Waals surface area contributed by atoms with E-state index in [0.29, 0.717) is 11.5 Å². The molecule has 1 aliphatic rings. The predicted molar refractivity (Wildman–Crippen MR) is 72.2 cm³/mol. The molecule has 2 unspecified atom stereocenters. The van der Waals surface area contributed by atoms with Gasteiger partial charge in [-0.1, -0.05) is 25.5 Å². The van der Waals surface area contributed by atoms with Crippen molar-refractivity contribution in [2.75, 3.05) is 6.61 Å². The van der Waals surface area contributed by atoms with Gasteiger partial charge in [0.05, 0.1) is 0 Å². The van der Waals surface area contributed by atoms with Crippen LogP contribution in [0.25, 0.3) is 0 Å². The summed E-state index contributed by atoms with van der Waals surface area (Å²) in [6.07, 6.45) is 8.64. The molecule has 0 fully saturated rings. The van der Waals surface area contributed by atoms with Crippen molar-refractivity contribution in [2.45, 2.75) is 59.2 Å². The molecule has 0 aromatic heterocycles. The minimum atomic E-state index is -0.381. The lowest BCUT2D eigenvalue weighted by molar-refractivity contribution is -0.773. The van der Waals surface area contributed by atoms with Crippen LogP contribution in [0.1, 0.15) is 52.9 Å². The maximum absolute atomic E-state index is 11.6. The van der Waals surface area contributed by atoms with Gasteiger partial charge in [0, 0.05) is 30.8 Å². The first-order valence-corrected chi connectivity index (χ1v) is 6.89. The van der Waals surface area contributed by atoms with Crippen molar-refractivity contribution in [3.63, 3.8) is 0 Å². The molecule has 0 aromatic rings. The van der Waals surface area contributed by atoms with E-state index in [4.69, 9.17) is 9.57 Å². The molecule has 0 saturated heterocycles. The molecule has 0 bridgehead atoms. The molecule has 4 nitrogen and oxygen atoms in total. The lowest BCUT2D eigenvalue weighted by atomic mass is 9.94. The third-order valence-corrected chi connectivity index (χ3v) is 3.29. The van der Waals surface area contributed by atoms with Crippen LogP contribution in [0, 0.1) is 11.1 Å². The lowest BCUT2D eigenvalue weighted by Gasteiger charge is -2.29. The van der Waals surface area contributed by atoms with Crippen LogP contribution in [-0.2, 0) is 9.57 Å². The first-order chi connectivity index (χ1) is 8.69. The molecule has 0 amide bonds. The van der Waals surface area contributed by atoms with Gasteiger partial charge in [-0.15, -0.1) is 0 Å². The zero-order chi connectivity index (χ0) is 13.4. The summed E-state index contributed by atoms with van der Waals surface area (Å²) in [5.74, 6) is 0.263. The first kappa shape index (κ1) is 15.0. The number of nitrogens with zero attached hydrogens (tertiary/aromatic N) is 1. The van der Waals surface area contributed by atoms with Crippen molar-refractivity contribution < 1.29 is 14.5 Å². The summed E-state index contributed by atoms with van der Waals surface area (Å²) >= 11 is 0. The topological polar surface area (TPSA) is 44.5 Å². The Morgan fingerprint density at radius 1 is 1.56 bits per heavy atom. The van der Waals surface area contributed by atoms with Gasteiger partial charge in [-0.2, -0.15) is 0 Å². The van der Waals surface area contributed by atoms with E-state index in [-0.39, 0.29) is 12.2 Å². The van der Waals surface area contributed by atoms with Crippen molar-refractivity contribution >= 4 is 5.71 Å². The van der Waals surface area contributed by atoms with Gasteiger partial charge in [0.25, 0.3) is 0 Å². The van der Waals surface area contributed by atoms with E-state index in [0.717, 1.165) is 37.8 Å². The standard InChI is InChI=1S/C14H25NO3/c1-4-6-8-9-13-11-14(17-10-7-5-2)18-15(16)12(13)3/h4,6,13-14H,5,7-11H2,1-3H3/b6-4+. The van der Waals surface area contributed by atoms with Gasteiger partial charge in [0.1, 0.15) is 0 Å².